The zero-order valence-corrected chi connectivity index (χ0v) is 13.7. The van der Waals surface area contributed by atoms with E-state index in [4.69, 9.17) is 0 Å². The molecule has 1 aliphatic rings. The molecule has 25 heavy (non-hydrogen) atoms. The first-order valence-electron chi connectivity index (χ1n) is 8.38. The topological polar surface area (TPSA) is 51.2 Å². The number of aromatic nitrogens is 1. The van der Waals surface area contributed by atoms with E-state index < -0.39 is 6.61 Å². The van der Waals surface area contributed by atoms with Crippen LogP contribution in [-0.2, 0) is 0 Å². The first-order chi connectivity index (χ1) is 12.1. The molecule has 0 bridgehead atoms. The van der Waals surface area contributed by atoms with Crippen LogP contribution in [0.1, 0.15) is 47.7 Å². The lowest BCUT2D eigenvalue weighted by atomic mass is 9.81. The summed E-state index contributed by atoms with van der Waals surface area (Å²) in [6.45, 7) is -2.83. The van der Waals surface area contributed by atoms with E-state index in [9.17, 15) is 13.6 Å². The predicted molar refractivity (Wildman–Crippen MR) is 89.8 cm³/mol. The number of pyridine rings is 1. The molecule has 6 heteroatoms. The fourth-order valence-corrected chi connectivity index (χ4v) is 3.32. The minimum absolute atomic E-state index is 0.0490. The number of carbonyl (C=O) groups is 1. The number of carbonyl (C=O) groups excluding carboxylic acids is 1. The molecule has 132 valence electrons. The van der Waals surface area contributed by atoms with Crippen molar-refractivity contribution in [2.75, 3.05) is 0 Å². The molecule has 1 aliphatic carbocycles. The molecule has 0 unspecified atom stereocenters. The van der Waals surface area contributed by atoms with Gasteiger partial charge < -0.3 is 10.1 Å². The number of ether oxygens (including phenoxy) is 1. The van der Waals surface area contributed by atoms with Crippen LogP contribution in [0.2, 0.25) is 0 Å². The monoisotopic (exact) mass is 346 g/mol. The van der Waals surface area contributed by atoms with Gasteiger partial charge in [-0.25, -0.2) is 0 Å². The smallest absolute Gasteiger partial charge is 0.387 e. The molecule has 1 aromatic carbocycles. The Morgan fingerprint density at radius 2 is 2.08 bits per heavy atom. The normalized spacial score (nSPS) is 20.3. The van der Waals surface area contributed by atoms with Gasteiger partial charge in [0.1, 0.15) is 11.4 Å². The summed E-state index contributed by atoms with van der Waals surface area (Å²) >= 11 is 0. The molecule has 2 atom stereocenters. The fourth-order valence-electron chi connectivity index (χ4n) is 3.32. The van der Waals surface area contributed by atoms with Gasteiger partial charge in [-0.15, -0.1) is 0 Å². The second-order valence-electron chi connectivity index (χ2n) is 6.20. The summed E-state index contributed by atoms with van der Waals surface area (Å²) in [5.74, 6) is 0.206. The third-order valence-corrected chi connectivity index (χ3v) is 4.46. The van der Waals surface area contributed by atoms with Crippen LogP contribution in [0.4, 0.5) is 8.78 Å². The molecule has 1 aromatic heterocycles. The predicted octanol–water partition coefficient (Wildman–Crippen LogP) is 4.14. The molecule has 1 N–H and O–H groups in total. The molecule has 3 rings (SSSR count). The zero-order chi connectivity index (χ0) is 17.6. The quantitative estimate of drug-likeness (QED) is 0.885. The van der Waals surface area contributed by atoms with Crippen LogP contribution in [0.3, 0.4) is 0 Å². The van der Waals surface area contributed by atoms with Gasteiger partial charge in [-0.05, 0) is 55.0 Å². The van der Waals surface area contributed by atoms with Crippen molar-refractivity contribution in [2.24, 2.45) is 0 Å². The number of benzene rings is 1. The Labute approximate surface area is 145 Å². The van der Waals surface area contributed by atoms with E-state index in [0.29, 0.717) is 5.69 Å². The molecule has 1 fully saturated rings. The lowest BCUT2D eigenvalue weighted by Gasteiger charge is -2.30. The molecule has 0 aliphatic heterocycles. The largest absolute Gasteiger partial charge is 0.435 e. The van der Waals surface area contributed by atoms with Crippen molar-refractivity contribution in [1.29, 1.82) is 0 Å². The summed E-state index contributed by atoms with van der Waals surface area (Å²) in [5.41, 5.74) is 1.37. The minimum Gasteiger partial charge on any atom is -0.435 e. The molecular weight excluding hydrogens is 326 g/mol. The maximum absolute atomic E-state index is 12.4. The fraction of sp³-hybridized carbons (Fsp3) is 0.368. The Morgan fingerprint density at radius 1 is 1.20 bits per heavy atom. The number of hydrogen-bond acceptors (Lipinski definition) is 3. The zero-order valence-electron chi connectivity index (χ0n) is 13.7. The first kappa shape index (κ1) is 17.3. The minimum atomic E-state index is -2.83. The number of nitrogens with one attached hydrogen (secondary N) is 1. The van der Waals surface area contributed by atoms with Gasteiger partial charge in [0.25, 0.3) is 5.91 Å². The van der Waals surface area contributed by atoms with Crippen molar-refractivity contribution in [1.82, 2.24) is 10.3 Å². The lowest BCUT2D eigenvalue weighted by Crippen LogP contribution is -2.38. The maximum atomic E-state index is 12.4. The van der Waals surface area contributed by atoms with E-state index in [1.165, 1.54) is 6.07 Å². The van der Waals surface area contributed by atoms with Crippen LogP contribution in [0.5, 0.6) is 5.75 Å². The highest BCUT2D eigenvalue weighted by atomic mass is 19.3. The summed E-state index contributed by atoms with van der Waals surface area (Å²) in [4.78, 5) is 16.3. The summed E-state index contributed by atoms with van der Waals surface area (Å²) in [6.07, 6.45) is 5.21. The van der Waals surface area contributed by atoms with Gasteiger partial charge in [-0.2, -0.15) is 8.78 Å². The highest BCUT2D eigenvalue weighted by Crippen LogP contribution is 2.34. The van der Waals surface area contributed by atoms with Crippen molar-refractivity contribution in [3.63, 3.8) is 0 Å². The van der Waals surface area contributed by atoms with E-state index in [2.05, 4.69) is 15.0 Å². The van der Waals surface area contributed by atoms with Crippen LogP contribution < -0.4 is 10.1 Å². The Kier molecular flexibility index (Phi) is 5.58. The van der Waals surface area contributed by atoms with E-state index in [0.717, 1.165) is 31.2 Å². The van der Waals surface area contributed by atoms with Crippen molar-refractivity contribution >= 4 is 5.91 Å². The molecule has 1 amide bonds. The summed E-state index contributed by atoms with van der Waals surface area (Å²) in [7, 11) is 0. The van der Waals surface area contributed by atoms with Gasteiger partial charge in [0.05, 0.1) is 0 Å². The highest BCUT2D eigenvalue weighted by Gasteiger charge is 2.25. The first-order valence-corrected chi connectivity index (χ1v) is 8.38. The SMILES string of the molecule is O=C(N[C@@H]1CCC[C@H](c2cccc(OC(F)F)c2)C1)c1ccccn1. The third kappa shape index (κ3) is 4.75. The van der Waals surface area contributed by atoms with Gasteiger partial charge in [0.2, 0.25) is 0 Å². The second kappa shape index (κ2) is 8.05. The van der Waals surface area contributed by atoms with Gasteiger partial charge in [-0.1, -0.05) is 24.6 Å². The van der Waals surface area contributed by atoms with E-state index >= 15 is 0 Å². The van der Waals surface area contributed by atoms with Crippen molar-refractivity contribution in [3.8, 4) is 5.75 Å². The van der Waals surface area contributed by atoms with Gasteiger partial charge in [0, 0.05) is 12.2 Å². The number of hydrogen-bond donors (Lipinski definition) is 1. The van der Waals surface area contributed by atoms with Crippen molar-refractivity contribution in [2.45, 2.75) is 44.3 Å². The van der Waals surface area contributed by atoms with Gasteiger partial charge in [0.15, 0.2) is 0 Å². The van der Waals surface area contributed by atoms with E-state index in [1.807, 2.05) is 6.07 Å². The molecule has 1 heterocycles. The van der Waals surface area contributed by atoms with Crippen LogP contribution in [0.15, 0.2) is 48.7 Å². The Balaban J connectivity index is 1.64. The number of halogens is 2. The Hall–Kier alpha value is -2.50. The van der Waals surface area contributed by atoms with Crippen LogP contribution >= 0.6 is 0 Å². The third-order valence-electron chi connectivity index (χ3n) is 4.46. The summed E-state index contributed by atoms with van der Waals surface area (Å²) < 4.78 is 29.3. The van der Waals surface area contributed by atoms with Crippen LogP contribution in [-0.4, -0.2) is 23.5 Å². The maximum Gasteiger partial charge on any atom is 0.387 e. The molecule has 2 aromatic rings. The van der Waals surface area contributed by atoms with Crippen LogP contribution in [0, 0.1) is 0 Å². The molecule has 0 saturated heterocycles. The van der Waals surface area contributed by atoms with E-state index in [1.54, 1.807) is 36.5 Å². The van der Waals surface area contributed by atoms with Crippen LogP contribution in [0.25, 0.3) is 0 Å². The molecule has 4 nitrogen and oxygen atoms in total. The molecule has 1 saturated carbocycles. The number of alkyl halides is 2. The number of nitrogens with zero attached hydrogens (tertiary/aromatic N) is 1. The lowest BCUT2D eigenvalue weighted by molar-refractivity contribution is -0.0499. The van der Waals surface area contributed by atoms with Crippen molar-refractivity contribution < 1.29 is 18.3 Å². The summed E-state index contributed by atoms with van der Waals surface area (Å²) in [5, 5.41) is 3.03. The molecule has 0 spiro atoms. The second-order valence-corrected chi connectivity index (χ2v) is 6.20. The molecular formula is C19H20F2N2O2. The van der Waals surface area contributed by atoms with Crippen molar-refractivity contribution in [3.05, 3.63) is 59.9 Å². The van der Waals surface area contributed by atoms with E-state index in [-0.39, 0.29) is 23.6 Å². The standard InChI is InChI=1S/C19H20F2N2O2/c20-19(21)25-16-8-4-6-14(12-16)13-5-3-7-15(11-13)23-18(24)17-9-1-2-10-22-17/h1-2,4,6,8-10,12-13,15,19H,3,5,7,11H2,(H,23,24)/t13-,15+/m0/s1. The average Bonchev–Trinajstić information content (AvgIpc) is 2.62. The highest BCUT2D eigenvalue weighted by molar-refractivity contribution is 5.92. The number of amides is 1. The van der Waals surface area contributed by atoms with Gasteiger partial charge >= 0.3 is 6.61 Å². The Morgan fingerprint density at radius 3 is 2.84 bits per heavy atom. The number of rotatable bonds is 5. The van der Waals surface area contributed by atoms with Gasteiger partial charge in [-0.3, -0.25) is 9.78 Å². The average molecular weight is 346 g/mol. The molecule has 0 radical (unpaired) electrons. The summed E-state index contributed by atoms with van der Waals surface area (Å²) in [6, 6.07) is 12.1. The Bertz CT molecular complexity index is 710.